The van der Waals surface area contributed by atoms with Crippen molar-refractivity contribution in [2.45, 2.75) is 0 Å². The summed E-state index contributed by atoms with van der Waals surface area (Å²) in [7, 11) is 0. The Balaban J connectivity index is 0. The SMILES string of the molecule is O=S(O)O.O=S(O)O.O=[N+]([O-])c1cccnc1[N+](=O)[O-]. The van der Waals surface area contributed by atoms with E-state index in [1.54, 1.807) is 0 Å². The maximum absolute atomic E-state index is 10.2. The van der Waals surface area contributed by atoms with Crippen LogP contribution in [0.1, 0.15) is 0 Å². The second kappa shape index (κ2) is 11.0. The van der Waals surface area contributed by atoms with Crippen LogP contribution >= 0.6 is 0 Å². The van der Waals surface area contributed by atoms with Gasteiger partial charge in [-0.15, -0.1) is 0 Å². The van der Waals surface area contributed by atoms with Gasteiger partial charge in [0.25, 0.3) is 22.7 Å². The number of pyridine rings is 1. The molecule has 1 aromatic rings. The van der Waals surface area contributed by atoms with Crippen molar-refractivity contribution in [1.29, 1.82) is 0 Å². The van der Waals surface area contributed by atoms with E-state index in [4.69, 9.17) is 26.6 Å². The molecule has 20 heavy (non-hydrogen) atoms. The van der Waals surface area contributed by atoms with Crippen LogP contribution in [-0.2, 0) is 22.7 Å². The van der Waals surface area contributed by atoms with Crippen LogP contribution in [-0.4, -0.2) is 41.5 Å². The first-order valence-corrected chi connectivity index (χ1v) is 6.06. The van der Waals surface area contributed by atoms with Crippen LogP contribution in [0.5, 0.6) is 0 Å². The largest absolute Gasteiger partial charge is 0.442 e. The highest BCUT2D eigenvalue weighted by molar-refractivity contribution is 7.73. The molecular formula is C5H7N3O10S2. The molecule has 0 bridgehead atoms. The van der Waals surface area contributed by atoms with Crippen LogP contribution in [0.15, 0.2) is 18.3 Å². The van der Waals surface area contributed by atoms with Gasteiger partial charge in [0.15, 0.2) is 0 Å². The van der Waals surface area contributed by atoms with Gasteiger partial charge in [0, 0.05) is 6.07 Å². The summed E-state index contributed by atoms with van der Waals surface area (Å²) in [6.07, 6.45) is 1.13. The number of hydrogen-bond donors (Lipinski definition) is 4. The summed E-state index contributed by atoms with van der Waals surface area (Å²) in [5.74, 6) is -0.734. The monoisotopic (exact) mass is 333 g/mol. The molecule has 4 N–H and O–H groups in total. The zero-order chi connectivity index (χ0) is 16.3. The first-order chi connectivity index (χ1) is 9.09. The molecule has 0 aromatic carbocycles. The van der Waals surface area contributed by atoms with Gasteiger partial charge in [0.1, 0.15) is 6.20 Å². The molecule has 1 heterocycles. The molecule has 0 atom stereocenters. The number of nitro groups is 2. The molecule has 0 saturated carbocycles. The van der Waals surface area contributed by atoms with Gasteiger partial charge < -0.3 is 10.1 Å². The van der Waals surface area contributed by atoms with Crippen molar-refractivity contribution in [3.63, 3.8) is 0 Å². The Morgan fingerprint density at radius 2 is 1.40 bits per heavy atom. The molecule has 0 saturated heterocycles. The quantitative estimate of drug-likeness (QED) is 0.327. The Morgan fingerprint density at radius 1 is 1.00 bits per heavy atom. The molecule has 1 rings (SSSR count). The van der Waals surface area contributed by atoms with Crippen molar-refractivity contribution in [1.82, 2.24) is 4.98 Å². The van der Waals surface area contributed by atoms with Gasteiger partial charge >= 0.3 is 11.5 Å². The second-order valence-corrected chi connectivity index (χ2v) is 3.24. The first-order valence-electron chi connectivity index (χ1n) is 3.93. The number of nitrogens with zero attached hydrogens (tertiary/aromatic N) is 3. The highest BCUT2D eigenvalue weighted by Crippen LogP contribution is 2.21. The van der Waals surface area contributed by atoms with E-state index in [1.165, 1.54) is 6.07 Å². The zero-order valence-corrected chi connectivity index (χ0v) is 10.8. The topological polar surface area (TPSA) is 214 Å². The third-order valence-electron chi connectivity index (χ3n) is 1.14. The molecule has 0 unspecified atom stereocenters. The van der Waals surface area contributed by atoms with Gasteiger partial charge in [0.05, 0.1) is 4.92 Å². The summed E-state index contributed by atoms with van der Waals surface area (Å²) in [4.78, 5) is 21.9. The Kier molecular flexibility index (Phi) is 11.2. The van der Waals surface area contributed by atoms with Crippen LogP contribution in [0.25, 0.3) is 0 Å². The molecule has 0 aliphatic heterocycles. The van der Waals surface area contributed by atoms with E-state index in [-0.39, 0.29) is 0 Å². The summed E-state index contributed by atoms with van der Waals surface area (Å²) < 4.78 is 45.7. The van der Waals surface area contributed by atoms with Crippen molar-refractivity contribution in [3.05, 3.63) is 38.6 Å². The maximum atomic E-state index is 10.2. The lowest BCUT2D eigenvalue weighted by Gasteiger charge is -1.91. The standard InChI is InChI=1S/C5H3N3O4.2H2O3S/c9-7(10)4-2-1-3-6-5(4)8(11)12;2*1-4(2)3/h1-3H;2*(H2,1,2,3). The molecule has 0 radical (unpaired) electrons. The van der Waals surface area contributed by atoms with Crippen LogP contribution in [0, 0.1) is 20.2 Å². The van der Waals surface area contributed by atoms with E-state index >= 15 is 0 Å². The zero-order valence-electron chi connectivity index (χ0n) is 9.13. The molecule has 1 aromatic heterocycles. The third-order valence-corrected chi connectivity index (χ3v) is 1.14. The van der Waals surface area contributed by atoms with Gasteiger partial charge in [-0.1, -0.05) is 0 Å². The lowest BCUT2D eigenvalue weighted by molar-refractivity contribution is -0.425. The van der Waals surface area contributed by atoms with E-state index in [1.807, 2.05) is 0 Å². The molecule has 0 amide bonds. The van der Waals surface area contributed by atoms with E-state index in [9.17, 15) is 20.2 Å². The predicted octanol–water partition coefficient (Wildman–Crippen LogP) is 0.260. The van der Waals surface area contributed by atoms with E-state index in [0.717, 1.165) is 12.3 Å². The van der Waals surface area contributed by atoms with Crippen molar-refractivity contribution < 1.29 is 36.5 Å². The minimum atomic E-state index is -2.61. The van der Waals surface area contributed by atoms with Crippen LogP contribution in [0.3, 0.4) is 0 Å². The Morgan fingerprint density at radius 3 is 1.65 bits per heavy atom. The Labute approximate surface area is 115 Å². The van der Waals surface area contributed by atoms with Crippen molar-refractivity contribution in [3.8, 4) is 0 Å². The smallest absolute Gasteiger partial charge is 0.358 e. The Bertz CT molecular complexity index is 454. The molecule has 0 spiro atoms. The van der Waals surface area contributed by atoms with E-state index in [2.05, 4.69) is 4.98 Å². The van der Waals surface area contributed by atoms with Crippen molar-refractivity contribution in [2.75, 3.05) is 0 Å². The number of aromatic nitrogens is 1. The average molecular weight is 333 g/mol. The summed E-state index contributed by atoms with van der Waals surface area (Å²) in [5, 5.41) is 20.4. The lowest BCUT2D eigenvalue weighted by Crippen LogP contribution is -1.97. The highest BCUT2D eigenvalue weighted by atomic mass is 32.2. The summed E-state index contributed by atoms with van der Waals surface area (Å²) in [5.41, 5.74) is -0.595. The molecule has 0 aliphatic carbocycles. The van der Waals surface area contributed by atoms with Crippen molar-refractivity contribution in [2.24, 2.45) is 0 Å². The molecule has 114 valence electrons. The third kappa shape index (κ3) is 12.5. The summed E-state index contributed by atoms with van der Waals surface area (Å²) >= 11 is -5.22. The summed E-state index contributed by atoms with van der Waals surface area (Å²) in [6.45, 7) is 0. The molecule has 15 heteroatoms. The molecule has 0 aliphatic rings. The lowest BCUT2D eigenvalue weighted by atomic mass is 10.4. The molecule has 0 fully saturated rings. The Hall–Kier alpha value is -1.91. The molecular weight excluding hydrogens is 326 g/mol. The van der Waals surface area contributed by atoms with Gasteiger partial charge in [-0.2, -0.15) is 8.42 Å². The van der Waals surface area contributed by atoms with Crippen LogP contribution in [0.4, 0.5) is 11.5 Å². The number of hydrogen-bond acceptors (Lipinski definition) is 7. The van der Waals surface area contributed by atoms with Crippen molar-refractivity contribution >= 4 is 34.2 Å². The number of rotatable bonds is 2. The fourth-order valence-corrected chi connectivity index (χ4v) is 0.672. The fourth-order valence-electron chi connectivity index (χ4n) is 0.672. The second-order valence-electron chi connectivity index (χ2n) is 2.32. The predicted molar refractivity (Wildman–Crippen MR) is 64.3 cm³/mol. The normalized spacial score (nSPS) is 9.10. The van der Waals surface area contributed by atoms with Gasteiger partial charge in [-0.05, 0) is 16.0 Å². The maximum Gasteiger partial charge on any atom is 0.442 e. The van der Waals surface area contributed by atoms with Crippen LogP contribution < -0.4 is 0 Å². The minimum absolute atomic E-state index is 0.595. The highest BCUT2D eigenvalue weighted by Gasteiger charge is 2.23. The van der Waals surface area contributed by atoms with Crippen LogP contribution in [0.2, 0.25) is 0 Å². The van der Waals surface area contributed by atoms with E-state index < -0.39 is 44.1 Å². The summed E-state index contributed by atoms with van der Waals surface area (Å²) in [6, 6.07) is 2.30. The van der Waals surface area contributed by atoms with Gasteiger partial charge in [-0.3, -0.25) is 28.3 Å². The molecule has 13 nitrogen and oxygen atoms in total. The average Bonchev–Trinajstić information content (AvgIpc) is 2.27. The van der Waals surface area contributed by atoms with Gasteiger partial charge in [-0.25, -0.2) is 0 Å². The van der Waals surface area contributed by atoms with Gasteiger partial charge in [0.2, 0.25) is 0 Å². The van der Waals surface area contributed by atoms with E-state index in [0.29, 0.717) is 0 Å². The first kappa shape index (κ1) is 20.4. The minimum Gasteiger partial charge on any atom is -0.358 e. The fraction of sp³-hybridized carbons (Fsp3) is 0.